The minimum absolute atomic E-state index is 0.186. The van der Waals surface area contributed by atoms with Gasteiger partial charge in [0, 0.05) is 38.0 Å². The molecular weight excluding hydrogens is 468 g/mol. The van der Waals surface area contributed by atoms with E-state index in [1.54, 1.807) is 4.90 Å². The molecule has 0 radical (unpaired) electrons. The fraction of sp³-hybridized carbons (Fsp3) is 0.577. The predicted octanol–water partition coefficient (Wildman–Crippen LogP) is 2.30. The first kappa shape index (κ1) is 27.5. The summed E-state index contributed by atoms with van der Waals surface area (Å²) in [5, 5.41) is 0. The van der Waals surface area contributed by atoms with Gasteiger partial charge in [0.2, 0.25) is 11.7 Å². The van der Waals surface area contributed by atoms with Gasteiger partial charge in [0.15, 0.2) is 17.3 Å². The molecule has 3 rings (SSSR count). The summed E-state index contributed by atoms with van der Waals surface area (Å²) >= 11 is 0. The minimum atomic E-state index is -1.16. The topological polar surface area (TPSA) is 104 Å². The van der Waals surface area contributed by atoms with E-state index in [1.807, 2.05) is 13.8 Å². The molecule has 0 atom stereocenters. The van der Waals surface area contributed by atoms with Gasteiger partial charge in [-0.15, -0.1) is 0 Å². The lowest BCUT2D eigenvalue weighted by atomic mass is 9.73. The number of carbonyl (C=O) groups excluding carboxylic acids is 3. The summed E-state index contributed by atoms with van der Waals surface area (Å²) in [7, 11) is 4.38. The van der Waals surface area contributed by atoms with Crippen LogP contribution in [0.5, 0.6) is 17.2 Å². The van der Waals surface area contributed by atoms with Crippen LogP contribution in [0, 0.1) is 5.41 Å². The zero-order valence-electron chi connectivity index (χ0n) is 21.8. The number of ether oxygens (including phenoxy) is 5. The van der Waals surface area contributed by atoms with Crippen molar-refractivity contribution in [2.75, 3.05) is 67.3 Å². The SMILES string of the molecule is CCC1(CC)C(=O)C(COC(=O)c2cc(OC)c(OC)c(OC)c2)=CN(CCN2CCOCC2)C1=O. The molecule has 0 bridgehead atoms. The van der Waals surface area contributed by atoms with Crippen LogP contribution in [0.3, 0.4) is 0 Å². The van der Waals surface area contributed by atoms with Crippen molar-refractivity contribution < 1.29 is 38.1 Å². The number of morpholine rings is 1. The fourth-order valence-electron chi connectivity index (χ4n) is 4.63. The Bertz CT molecular complexity index is 971. The highest BCUT2D eigenvalue weighted by molar-refractivity contribution is 6.16. The molecule has 2 heterocycles. The van der Waals surface area contributed by atoms with Crippen LogP contribution in [-0.4, -0.2) is 94.8 Å². The van der Waals surface area contributed by atoms with Crippen LogP contribution in [0.2, 0.25) is 0 Å². The van der Waals surface area contributed by atoms with Gasteiger partial charge in [0.25, 0.3) is 0 Å². The first-order valence-corrected chi connectivity index (χ1v) is 12.2. The molecule has 2 aliphatic heterocycles. The van der Waals surface area contributed by atoms with Gasteiger partial charge in [-0.1, -0.05) is 13.8 Å². The van der Waals surface area contributed by atoms with Gasteiger partial charge in [0.1, 0.15) is 12.0 Å². The first-order chi connectivity index (χ1) is 17.3. The van der Waals surface area contributed by atoms with Crippen molar-refractivity contribution in [3.8, 4) is 17.2 Å². The van der Waals surface area contributed by atoms with Crippen molar-refractivity contribution in [1.82, 2.24) is 9.80 Å². The zero-order chi connectivity index (χ0) is 26.3. The normalized spacial score (nSPS) is 18.0. The van der Waals surface area contributed by atoms with Crippen molar-refractivity contribution in [3.63, 3.8) is 0 Å². The third-order valence-corrected chi connectivity index (χ3v) is 6.94. The van der Waals surface area contributed by atoms with E-state index in [1.165, 1.54) is 39.7 Å². The molecular formula is C26H36N2O8. The number of hydrogen-bond donors (Lipinski definition) is 0. The largest absolute Gasteiger partial charge is 0.493 e. The number of esters is 1. The van der Waals surface area contributed by atoms with E-state index in [9.17, 15) is 14.4 Å². The fourth-order valence-corrected chi connectivity index (χ4v) is 4.63. The summed E-state index contributed by atoms with van der Waals surface area (Å²) in [5.74, 6) is -0.173. The molecule has 36 heavy (non-hydrogen) atoms. The summed E-state index contributed by atoms with van der Waals surface area (Å²) in [4.78, 5) is 43.5. The van der Waals surface area contributed by atoms with Crippen LogP contribution in [0.25, 0.3) is 0 Å². The number of hydrogen-bond acceptors (Lipinski definition) is 9. The van der Waals surface area contributed by atoms with E-state index >= 15 is 0 Å². The molecule has 0 spiro atoms. The Labute approximate surface area is 212 Å². The standard InChI is InChI=1S/C26H36N2O8/c1-6-26(7-2)23(29)19(16-28(25(26)31)9-8-27-10-12-35-13-11-27)17-36-24(30)18-14-20(32-3)22(34-5)21(15-18)33-4/h14-16H,6-13,17H2,1-5H3. The van der Waals surface area contributed by atoms with E-state index < -0.39 is 11.4 Å². The number of benzene rings is 1. The number of methoxy groups -OCH3 is 3. The lowest BCUT2D eigenvalue weighted by molar-refractivity contribution is -0.149. The second kappa shape index (κ2) is 12.2. The Morgan fingerprint density at radius 2 is 1.58 bits per heavy atom. The highest BCUT2D eigenvalue weighted by Crippen LogP contribution is 2.39. The molecule has 1 aromatic rings. The number of rotatable bonds is 11. The summed E-state index contributed by atoms with van der Waals surface area (Å²) in [6.45, 7) is 7.47. The van der Waals surface area contributed by atoms with E-state index in [2.05, 4.69) is 4.90 Å². The predicted molar refractivity (Wildman–Crippen MR) is 131 cm³/mol. The zero-order valence-corrected chi connectivity index (χ0v) is 21.8. The van der Waals surface area contributed by atoms with E-state index in [4.69, 9.17) is 23.7 Å². The average molecular weight is 505 g/mol. The van der Waals surface area contributed by atoms with Crippen LogP contribution in [0.15, 0.2) is 23.9 Å². The Balaban J connectivity index is 1.80. The Kier molecular flexibility index (Phi) is 9.33. The third-order valence-electron chi connectivity index (χ3n) is 6.94. The summed E-state index contributed by atoms with van der Waals surface area (Å²) in [6.07, 6.45) is 2.28. The number of amides is 1. The average Bonchev–Trinajstić information content (AvgIpc) is 2.92. The quantitative estimate of drug-likeness (QED) is 0.332. The summed E-state index contributed by atoms with van der Waals surface area (Å²) < 4.78 is 26.8. The van der Waals surface area contributed by atoms with Gasteiger partial charge < -0.3 is 28.6 Å². The van der Waals surface area contributed by atoms with Crippen molar-refractivity contribution in [2.24, 2.45) is 5.41 Å². The molecule has 10 nitrogen and oxygen atoms in total. The third kappa shape index (κ3) is 5.49. The van der Waals surface area contributed by atoms with Gasteiger partial charge >= 0.3 is 5.97 Å². The lowest BCUT2D eigenvalue weighted by Crippen LogP contribution is -2.53. The summed E-state index contributed by atoms with van der Waals surface area (Å²) in [6, 6.07) is 2.97. The van der Waals surface area contributed by atoms with Crippen molar-refractivity contribution in [3.05, 3.63) is 29.5 Å². The van der Waals surface area contributed by atoms with E-state index in [0.29, 0.717) is 62.0 Å². The maximum absolute atomic E-state index is 13.4. The smallest absolute Gasteiger partial charge is 0.338 e. The maximum Gasteiger partial charge on any atom is 0.338 e. The molecule has 0 aromatic heterocycles. The summed E-state index contributed by atoms with van der Waals surface area (Å²) in [5.41, 5.74) is -0.680. The Hall–Kier alpha value is -3.11. The van der Waals surface area contributed by atoms with Crippen LogP contribution < -0.4 is 14.2 Å². The molecule has 198 valence electrons. The highest BCUT2D eigenvalue weighted by Gasteiger charge is 2.49. The highest BCUT2D eigenvalue weighted by atomic mass is 16.5. The van der Waals surface area contributed by atoms with Crippen molar-refractivity contribution in [2.45, 2.75) is 26.7 Å². The van der Waals surface area contributed by atoms with Gasteiger partial charge in [-0.25, -0.2) is 4.79 Å². The van der Waals surface area contributed by atoms with Crippen molar-refractivity contribution >= 4 is 17.7 Å². The number of nitrogens with zero attached hydrogens (tertiary/aromatic N) is 2. The lowest BCUT2D eigenvalue weighted by Gasteiger charge is -2.39. The molecule has 10 heteroatoms. The number of Topliss-reactive ketones (excluding diaryl/α,β-unsaturated/α-hetero) is 1. The molecule has 0 N–H and O–H groups in total. The van der Waals surface area contributed by atoms with Crippen molar-refractivity contribution in [1.29, 1.82) is 0 Å². The van der Waals surface area contributed by atoms with Crippen LogP contribution in [0.1, 0.15) is 37.0 Å². The first-order valence-electron chi connectivity index (χ1n) is 12.2. The van der Waals surface area contributed by atoms with Gasteiger partial charge in [-0.05, 0) is 25.0 Å². The monoisotopic (exact) mass is 504 g/mol. The molecule has 1 aromatic carbocycles. The molecule has 1 amide bonds. The van der Waals surface area contributed by atoms with Crippen LogP contribution >= 0.6 is 0 Å². The molecule has 0 unspecified atom stereocenters. The van der Waals surface area contributed by atoms with Crippen LogP contribution in [-0.2, 0) is 19.1 Å². The Morgan fingerprint density at radius 1 is 0.972 bits per heavy atom. The molecule has 2 aliphatic rings. The van der Waals surface area contributed by atoms with E-state index in [-0.39, 0.29) is 23.9 Å². The van der Waals surface area contributed by atoms with Gasteiger partial charge in [-0.2, -0.15) is 0 Å². The van der Waals surface area contributed by atoms with E-state index in [0.717, 1.165) is 13.1 Å². The van der Waals surface area contributed by atoms with Gasteiger partial charge in [-0.3, -0.25) is 14.5 Å². The minimum Gasteiger partial charge on any atom is -0.493 e. The molecule has 0 aliphatic carbocycles. The molecule has 0 saturated carbocycles. The van der Waals surface area contributed by atoms with Crippen LogP contribution in [0.4, 0.5) is 0 Å². The molecule has 1 fully saturated rings. The Morgan fingerprint density at radius 3 is 2.11 bits per heavy atom. The second-order valence-corrected chi connectivity index (χ2v) is 8.72. The van der Waals surface area contributed by atoms with Gasteiger partial charge in [0.05, 0.1) is 40.1 Å². The number of ketones is 1. The maximum atomic E-state index is 13.4. The number of carbonyl (C=O) groups is 3. The molecule has 1 saturated heterocycles. The second-order valence-electron chi connectivity index (χ2n) is 8.72.